The molecule has 0 radical (unpaired) electrons. The number of hydrogen-bond donors (Lipinski definition) is 1. The molecule has 1 aromatic heterocycles. The molecule has 1 aromatic rings. The average molecular weight is 295 g/mol. The minimum Gasteiger partial charge on any atom is -0.405 e. The molecule has 5 nitrogen and oxygen atoms in total. The zero-order chi connectivity index (χ0) is 17.2. The van der Waals surface area contributed by atoms with E-state index in [9.17, 15) is 0 Å². The first-order valence-electron chi connectivity index (χ1n) is 7.16. The number of hydrogen-bond acceptors (Lipinski definition) is 5. The van der Waals surface area contributed by atoms with Crippen molar-refractivity contribution in [3.63, 3.8) is 0 Å². The smallest absolute Gasteiger partial charge is 0.115 e. The van der Waals surface area contributed by atoms with Crippen LogP contribution < -0.4 is 5.73 Å². The zero-order valence-electron chi connectivity index (χ0n) is 14.5. The number of rotatable bonds is 2. The van der Waals surface area contributed by atoms with Gasteiger partial charge >= 0.3 is 0 Å². The van der Waals surface area contributed by atoms with Crippen LogP contribution in [0.25, 0.3) is 0 Å². The van der Waals surface area contributed by atoms with Gasteiger partial charge in [-0.15, -0.1) is 0 Å². The summed E-state index contributed by atoms with van der Waals surface area (Å²) in [4.78, 5) is 14.5. The van der Waals surface area contributed by atoms with E-state index in [1.807, 2.05) is 20.8 Å². The summed E-state index contributed by atoms with van der Waals surface area (Å²) in [5.74, 6) is 0. The molecule has 0 fully saturated rings. The maximum Gasteiger partial charge on any atom is 0.115 e. The van der Waals surface area contributed by atoms with Crippen LogP contribution in [-0.2, 0) is 0 Å². The summed E-state index contributed by atoms with van der Waals surface area (Å²) in [6.07, 6.45) is 10.9. The molecule has 1 heterocycles. The Bertz CT molecular complexity index is 247. The highest BCUT2D eigenvalue weighted by atomic mass is 14.8. The van der Waals surface area contributed by atoms with Gasteiger partial charge in [0, 0.05) is 32.2 Å². The van der Waals surface area contributed by atoms with Gasteiger partial charge in [0.1, 0.15) is 6.33 Å². The fourth-order valence-corrected chi connectivity index (χ4v) is 0.389. The highest BCUT2D eigenvalue weighted by Gasteiger charge is 1.59. The maximum absolute atomic E-state index is 4.94. The number of aromatic nitrogens is 2. The van der Waals surface area contributed by atoms with E-state index >= 15 is 0 Å². The van der Waals surface area contributed by atoms with Crippen LogP contribution in [0.5, 0.6) is 0 Å². The van der Waals surface area contributed by atoms with Crippen LogP contribution in [0.4, 0.5) is 0 Å². The molecule has 21 heavy (non-hydrogen) atoms. The molecule has 1 rings (SSSR count). The quantitative estimate of drug-likeness (QED) is 0.843. The summed E-state index contributed by atoms with van der Waals surface area (Å²) in [6, 6.07) is 1.78. The van der Waals surface area contributed by atoms with Gasteiger partial charge in [-0.3, -0.25) is 4.99 Å². The van der Waals surface area contributed by atoms with Crippen molar-refractivity contribution >= 4 is 12.9 Å². The third-order valence-electron chi connectivity index (χ3n) is 1.05. The standard InChI is InChI=1S/C4H4N2.C4H8N2.C3H7N.C3H8.C2H6/c1-2-5-4-6-3-1;1-6-4-2-3-5;1-3-4-2;1-3-2;1-2/h1-4H;2-4H,5H2,1H3;2-3H2,1H3;3H2,1-2H3;1-2H3/b;3-2-,6-4?;;;. The first-order valence-corrected chi connectivity index (χ1v) is 7.16. The van der Waals surface area contributed by atoms with Crippen molar-refractivity contribution < 1.29 is 0 Å². The highest BCUT2D eigenvalue weighted by Crippen LogP contribution is 1.66. The Morgan fingerprint density at radius 3 is 1.67 bits per heavy atom. The van der Waals surface area contributed by atoms with Crippen molar-refractivity contribution in [2.24, 2.45) is 15.7 Å². The van der Waals surface area contributed by atoms with Crippen LogP contribution in [0.2, 0.25) is 0 Å². The Kier molecular flexibility index (Phi) is 56.0. The van der Waals surface area contributed by atoms with E-state index in [0.29, 0.717) is 0 Å². The Hall–Kier alpha value is -2.04. The van der Waals surface area contributed by atoms with E-state index in [2.05, 4.69) is 40.5 Å². The first kappa shape index (κ1) is 27.3. The van der Waals surface area contributed by atoms with Crippen LogP contribution in [0.3, 0.4) is 0 Å². The third-order valence-corrected chi connectivity index (χ3v) is 1.05. The van der Waals surface area contributed by atoms with Crippen molar-refractivity contribution in [1.82, 2.24) is 9.97 Å². The van der Waals surface area contributed by atoms with Gasteiger partial charge < -0.3 is 10.7 Å². The van der Waals surface area contributed by atoms with Gasteiger partial charge in [0.05, 0.1) is 0 Å². The Balaban J connectivity index is -0.0000000913. The van der Waals surface area contributed by atoms with Crippen LogP contribution >= 0.6 is 0 Å². The van der Waals surface area contributed by atoms with Crippen LogP contribution in [0.1, 0.15) is 41.0 Å². The second kappa shape index (κ2) is 43.0. The van der Waals surface area contributed by atoms with Crippen LogP contribution in [0, 0.1) is 0 Å². The molecule has 2 N–H and O–H groups in total. The molecule has 0 aromatic carbocycles. The lowest BCUT2D eigenvalue weighted by atomic mass is 10.6. The highest BCUT2D eigenvalue weighted by molar-refractivity contribution is 5.70. The van der Waals surface area contributed by atoms with Gasteiger partial charge in [0.2, 0.25) is 0 Å². The number of aliphatic imine (C=N–C) groups is 2. The summed E-state index contributed by atoms with van der Waals surface area (Å²) >= 11 is 0. The summed E-state index contributed by atoms with van der Waals surface area (Å²) < 4.78 is 0. The normalized spacial score (nSPS) is 7.90. The molecule has 0 unspecified atom stereocenters. The lowest BCUT2D eigenvalue weighted by Gasteiger charge is -1.70. The second-order valence-electron chi connectivity index (χ2n) is 2.94. The van der Waals surface area contributed by atoms with Crippen molar-refractivity contribution in [2.45, 2.75) is 41.0 Å². The molecule has 0 amide bonds. The van der Waals surface area contributed by atoms with Gasteiger partial charge in [-0.05, 0) is 32.0 Å². The predicted octanol–water partition coefficient (Wildman–Crippen LogP) is 3.79. The number of nitrogens with zero attached hydrogens (tertiary/aromatic N) is 4. The fraction of sp³-hybridized carbons (Fsp3) is 0.500. The van der Waals surface area contributed by atoms with Crippen LogP contribution in [0.15, 0.2) is 47.0 Å². The molecule has 0 spiro atoms. The van der Waals surface area contributed by atoms with E-state index in [1.165, 1.54) is 18.9 Å². The summed E-state index contributed by atoms with van der Waals surface area (Å²) in [5.41, 5.74) is 4.94. The Morgan fingerprint density at radius 2 is 1.57 bits per heavy atom. The monoisotopic (exact) mass is 295 g/mol. The zero-order valence-corrected chi connectivity index (χ0v) is 14.5. The van der Waals surface area contributed by atoms with Crippen molar-refractivity contribution in [2.75, 3.05) is 13.6 Å². The first-order chi connectivity index (χ1) is 10.2. The third kappa shape index (κ3) is 72.2. The topological polar surface area (TPSA) is 76.5 Å². The predicted molar refractivity (Wildman–Crippen MR) is 97.2 cm³/mol. The molecule has 0 aliphatic rings. The van der Waals surface area contributed by atoms with Crippen molar-refractivity contribution in [1.29, 1.82) is 0 Å². The Labute approximate surface area is 131 Å². The average Bonchev–Trinajstić information content (AvgIpc) is 2.58. The number of allylic oxidation sites excluding steroid dienone is 1. The second-order valence-corrected chi connectivity index (χ2v) is 2.94. The molecule has 0 atom stereocenters. The summed E-state index contributed by atoms with van der Waals surface area (Å²) in [5, 5.41) is 0. The van der Waals surface area contributed by atoms with Gasteiger partial charge in [-0.1, -0.05) is 34.1 Å². The van der Waals surface area contributed by atoms with Gasteiger partial charge in [-0.25, -0.2) is 9.97 Å². The molecule has 0 saturated carbocycles. The Morgan fingerprint density at radius 1 is 1.14 bits per heavy atom. The van der Waals surface area contributed by atoms with E-state index in [1.54, 1.807) is 37.8 Å². The molecule has 0 bridgehead atoms. The van der Waals surface area contributed by atoms with E-state index < -0.39 is 0 Å². The lowest BCUT2D eigenvalue weighted by Crippen LogP contribution is -1.74. The van der Waals surface area contributed by atoms with Gasteiger partial charge in [0.25, 0.3) is 0 Å². The summed E-state index contributed by atoms with van der Waals surface area (Å²) in [7, 11) is 1.69. The molecular formula is C16H33N5. The molecular weight excluding hydrogens is 262 g/mol. The molecule has 0 aliphatic heterocycles. The summed E-state index contributed by atoms with van der Waals surface area (Å²) in [6.45, 7) is 14.3. The van der Waals surface area contributed by atoms with Crippen molar-refractivity contribution in [3.05, 3.63) is 37.1 Å². The fourth-order valence-electron chi connectivity index (χ4n) is 0.389. The van der Waals surface area contributed by atoms with E-state index in [0.717, 1.165) is 6.54 Å². The SMILES string of the molecule is C=NCC.CC.CCC.CN=C/C=C\N.c1cncnc1. The van der Waals surface area contributed by atoms with E-state index in [4.69, 9.17) is 5.73 Å². The van der Waals surface area contributed by atoms with E-state index in [-0.39, 0.29) is 0 Å². The molecule has 0 saturated heterocycles. The number of nitrogens with two attached hydrogens (primary N) is 1. The van der Waals surface area contributed by atoms with Gasteiger partial charge in [-0.2, -0.15) is 0 Å². The molecule has 122 valence electrons. The minimum atomic E-state index is 0.833. The van der Waals surface area contributed by atoms with Crippen molar-refractivity contribution in [3.8, 4) is 0 Å². The van der Waals surface area contributed by atoms with Crippen LogP contribution in [-0.4, -0.2) is 36.5 Å². The van der Waals surface area contributed by atoms with Gasteiger partial charge in [0.15, 0.2) is 0 Å². The minimum absolute atomic E-state index is 0.833. The largest absolute Gasteiger partial charge is 0.405 e. The maximum atomic E-state index is 4.94. The molecule has 5 heteroatoms. The lowest BCUT2D eigenvalue weighted by molar-refractivity contribution is 1.09. The molecule has 0 aliphatic carbocycles.